The molecule has 25 heavy (non-hydrogen) atoms. The molecule has 2 amide bonds. The van der Waals surface area contributed by atoms with Crippen LogP contribution in [0.15, 0.2) is 30.5 Å². The van der Waals surface area contributed by atoms with E-state index in [0.29, 0.717) is 19.4 Å². The predicted octanol–water partition coefficient (Wildman–Crippen LogP) is 2.87. The first kappa shape index (κ1) is 17.5. The fourth-order valence-corrected chi connectivity index (χ4v) is 3.34. The van der Waals surface area contributed by atoms with Crippen molar-refractivity contribution in [1.29, 1.82) is 0 Å². The minimum Gasteiger partial charge on any atom is -0.361 e. The van der Waals surface area contributed by atoms with E-state index >= 15 is 0 Å². The van der Waals surface area contributed by atoms with Gasteiger partial charge in [0.05, 0.1) is 0 Å². The maximum atomic E-state index is 12.6. The summed E-state index contributed by atoms with van der Waals surface area (Å²) >= 11 is 0. The molecule has 3 rings (SSSR count). The first-order valence-corrected chi connectivity index (χ1v) is 9.17. The van der Waals surface area contributed by atoms with Gasteiger partial charge in [0.1, 0.15) is 5.41 Å². The fourth-order valence-electron chi connectivity index (χ4n) is 3.34. The molecule has 134 valence electrons. The van der Waals surface area contributed by atoms with Crippen molar-refractivity contribution in [3.05, 3.63) is 36.0 Å². The maximum Gasteiger partial charge on any atom is 0.238 e. The van der Waals surface area contributed by atoms with Crippen LogP contribution in [-0.4, -0.2) is 41.8 Å². The van der Waals surface area contributed by atoms with Gasteiger partial charge in [0.2, 0.25) is 11.8 Å². The van der Waals surface area contributed by atoms with Gasteiger partial charge in [-0.05, 0) is 37.3 Å². The van der Waals surface area contributed by atoms with Gasteiger partial charge in [-0.15, -0.1) is 0 Å². The summed E-state index contributed by atoms with van der Waals surface area (Å²) in [6, 6.07) is 8.14. The number of H-pyrrole nitrogens is 1. The molecule has 0 radical (unpaired) electrons. The maximum absolute atomic E-state index is 12.6. The number of aromatic amines is 1. The van der Waals surface area contributed by atoms with Gasteiger partial charge >= 0.3 is 0 Å². The summed E-state index contributed by atoms with van der Waals surface area (Å²) in [7, 11) is 1.80. The number of hydrogen-bond acceptors (Lipinski definition) is 2. The van der Waals surface area contributed by atoms with Crippen molar-refractivity contribution in [2.24, 2.45) is 5.41 Å². The summed E-state index contributed by atoms with van der Waals surface area (Å²) in [5, 5.41) is 4.17. The van der Waals surface area contributed by atoms with Crippen molar-refractivity contribution >= 4 is 22.7 Å². The molecule has 5 heteroatoms. The summed E-state index contributed by atoms with van der Waals surface area (Å²) in [5.41, 5.74) is 1.49. The highest BCUT2D eigenvalue weighted by molar-refractivity contribution is 6.07. The van der Waals surface area contributed by atoms with Crippen molar-refractivity contribution < 1.29 is 9.59 Å². The molecular weight excluding hydrogens is 314 g/mol. The van der Waals surface area contributed by atoms with E-state index < -0.39 is 5.41 Å². The minimum absolute atomic E-state index is 0.0226. The third kappa shape index (κ3) is 3.55. The second kappa shape index (κ2) is 7.30. The van der Waals surface area contributed by atoms with Gasteiger partial charge in [0.25, 0.3) is 0 Å². The molecule has 5 nitrogen and oxygen atoms in total. The Kier molecular flexibility index (Phi) is 5.11. The highest BCUT2D eigenvalue weighted by Crippen LogP contribution is 2.47. The number of fused-ring (bicyclic) bond motifs is 1. The van der Waals surface area contributed by atoms with E-state index in [-0.39, 0.29) is 11.8 Å². The van der Waals surface area contributed by atoms with E-state index in [1.807, 2.05) is 24.4 Å². The standard InChI is InChI=1S/C20H27N3O2/c1-3-4-13-23(2)19(25)20(10-11-20)18(24)21-12-9-15-14-22-17-8-6-5-7-16(15)17/h5-8,14,22H,3-4,9-13H2,1-2H3,(H,21,24). The first-order valence-electron chi connectivity index (χ1n) is 9.17. The molecule has 0 saturated heterocycles. The van der Waals surface area contributed by atoms with Crippen molar-refractivity contribution in [1.82, 2.24) is 15.2 Å². The number of aromatic nitrogens is 1. The third-order valence-electron chi connectivity index (χ3n) is 5.14. The lowest BCUT2D eigenvalue weighted by atomic mass is 10.0. The smallest absolute Gasteiger partial charge is 0.238 e. The van der Waals surface area contributed by atoms with Crippen LogP contribution in [0.25, 0.3) is 10.9 Å². The molecule has 1 aliphatic rings. The van der Waals surface area contributed by atoms with Crippen LogP contribution < -0.4 is 5.32 Å². The molecule has 1 aliphatic carbocycles. The monoisotopic (exact) mass is 341 g/mol. The summed E-state index contributed by atoms with van der Waals surface area (Å²) in [5.74, 6) is -0.133. The van der Waals surface area contributed by atoms with Crippen molar-refractivity contribution in [2.75, 3.05) is 20.1 Å². The Morgan fingerprint density at radius 1 is 1.28 bits per heavy atom. The Balaban J connectivity index is 1.54. The van der Waals surface area contributed by atoms with Gasteiger partial charge in [-0.2, -0.15) is 0 Å². The lowest BCUT2D eigenvalue weighted by Gasteiger charge is -2.22. The van der Waals surface area contributed by atoms with Crippen LogP contribution in [0.3, 0.4) is 0 Å². The highest BCUT2D eigenvalue weighted by atomic mass is 16.2. The molecule has 1 heterocycles. The number of carbonyl (C=O) groups excluding carboxylic acids is 2. The van der Waals surface area contributed by atoms with Crippen LogP contribution >= 0.6 is 0 Å². The molecule has 1 saturated carbocycles. The lowest BCUT2D eigenvalue weighted by Crippen LogP contribution is -2.44. The zero-order valence-electron chi connectivity index (χ0n) is 15.1. The number of unbranched alkanes of at least 4 members (excludes halogenated alkanes) is 1. The van der Waals surface area contributed by atoms with Gasteiger partial charge in [0, 0.05) is 37.2 Å². The molecule has 0 unspecified atom stereocenters. The molecule has 0 bridgehead atoms. The van der Waals surface area contributed by atoms with Crippen LogP contribution in [0.1, 0.15) is 38.2 Å². The van der Waals surface area contributed by atoms with Gasteiger partial charge in [-0.3, -0.25) is 9.59 Å². The van der Waals surface area contributed by atoms with Crippen LogP contribution in [0, 0.1) is 5.41 Å². The number of nitrogens with zero attached hydrogens (tertiary/aromatic N) is 1. The van der Waals surface area contributed by atoms with Crippen molar-refractivity contribution in [3.63, 3.8) is 0 Å². The molecule has 1 aromatic heterocycles. The Morgan fingerprint density at radius 2 is 2.04 bits per heavy atom. The number of amides is 2. The van der Waals surface area contributed by atoms with E-state index in [9.17, 15) is 9.59 Å². The third-order valence-corrected chi connectivity index (χ3v) is 5.14. The second-order valence-electron chi connectivity index (χ2n) is 7.03. The molecule has 0 aliphatic heterocycles. The lowest BCUT2D eigenvalue weighted by molar-refractivity contribution is -0.143. The molecule has 0 atom stereocenters. The summed E-state index contributed by atoms with van der Waals surface area (Å²) in [6.07, 6.45) is 6.10. The van der Waals surface area contributed by atoms with Crippen LogP contribution in [0.2, 0.25) is 0 Å². The van der Waals surface area contributed by atoms with E-state index in [1.54, 1.807) is 11.9 Å². The number of nitrogens with one attached hydrogen (secondary N) is 2. The largest absolute Gasteiger partial charge is 0.361 e. The average Bonchev–Trinajstić information content (AvgIpc) is 3.35. The van der Waals surface area contributed by atoms with Gasteiger partial charge in [0.15, 0.2) is 0 Å². The van der Waals surface area contributed by atoms with E-state index in [4.69, 9.17) is 0 Å². The Morgan fingerprint density at radius 3 is 2.76 bits per heavy atom. The van der Waals surface area contributed by atoms with Crippen molar-refractivity contribution in [3.8, 4) is 0 Å². The Hall–Kier alpha value is -2.30. The van der Waals surface area contributed by atoms with E-state index in [1.165, 1.54) is 10.9 Å². The Labute approximate surface area is 148 Å². The molecule has 1 aromatic carbocycles. The minimum atomic E-state index is -0.803. The first-order chi connectivity index (χ1) is 12.1. The van der Waals surface area contributed by atoms with Gasteiger partial charge in [-0.1, -0.05) is 31.5 Å². The van der Waals surface area contributed by atoms with Crippen LogP contribution in [-0.2, 0) is 16.0 Å². The zero-order valence-corrected chi connectivity index (χ0v) is 15.1. The second-order valence-corrected chi connectivity index (χ2v) is 7.03. The summed E-state index contributed by atoms with van der Waals surface area (Å²) in [6.45, 7) is 3.37. The summed E-state index contributed by atoms with van der Waals surface area (Å²) in [4.78, 5) is 30.1. The van der Waals surface area contributed by atoms with E-state index in [0.717, 1.165) is 31.3 Å². The van der Waals surface area contributed by atoms with Gasteiger partial charge in [-0.25, -0.2) is 0 Å². The molecule has 1 fully saturated rings. The van der Waals surface area contributed by atoms with Crippen LogP contribution in [0.5, 0.6) is 0 Å². The SMILES string of the molecule is CCCCN(C)C(=O)C1(C(=O)NCCc2c[nH]c3ccccc23)CC1. The number of para-hydroxylation sites is 1. The fraction of sp³-hybridized carbons (Fsp3) is 0.500. The normalized spacial score (nSPS) is 15.1. The molecular formula is C20H27N3O2. The topological polar surface area (TPSA) is 65.2 Å². The summed E-state index contributed by atoms with van der Waals surface area (Å²) < 4.78 is 0. The molecule has 2 N–H and O–H groups in total. The zero-order chi connectivity index (χ0) is 17.9. The number of carbonyl (C=O) groups is 2. The number of hydrogen-bond donors (Lipinski definition) is 2. The van der Waals surface area contributed by atoms with Crippen LogP contribution in [0.4, 0.5) is 0 Å². The highest BCUT2D eigenvalue weighted by Gasteiger charge is 2.57. The number of rotatable bonds is 8. The number of benzene rings is 1. The predicted molar refractivity (Wildman–Crippen MR) is 99.2 cm³/mol. The Bertz CT molecular complexity index is 761. The molecule has 0 spiro atoms. The van der Waals surface area contributed by atoms with E-state index in [2.05, 4.69) is 23.3 Å². The molecule has 2 aromatic rings. The average molecular weight is 341 g/mol. The van der Waals surface area contributed by atoms with Gasteiger partial charge < -0.3 is 15.2 Å². The quantitative estimate of drug-likeness (QED) is 0.725. The van der Waals surface area contributed by atoms with Crippen molar-refractivity contribution in [2.45, 2.75) is 39.0 Å².